The van der Waals surface area contributed by atoms with Crippen molar-refractivity contribution in [3.63, 3.8) is 0 Å². The molecule has 0 saturated carbocycles. The number of nitriles is 1. The van der Waals surface area contributed by atoms with Crippen LogP contribution in [-0.4, -0.2) is 18.6 Å². The van der Waals surface area contributed by atoms with Gasteiger partial charge < -0.3 is 9.47 Å². The minimum Gasteiger partial charge on any atom is -0.493 e. The SMILES string of the molecule is C=CCOc1c(Br)cc(/C=C(/C#N)c2cccc([N+](=O)[O-])c2)cc1OC. The molecule has 0 radical (unpaired) electrons. The molecule has 0 spiro atoms. The third kappa shape index (κ3) is 4.49. The van der Waals surface area contributed by atoms with Gasteiger partial charge in [-0.05, 0) is 45.3 Å². The van der Waals surface area contributed by atoms with E-state index >= 15 is 0 Å². The van der Waals surface area contributed by atoms with E-state index in [0.717, 1.165) is 0 Å². The van der Waals surface area contributed by atoms with E-state index in [1.165, 1.54) is 19.2 Å². The molecule has 0 amide bonds. The molecule has 7 heteroatoms. The standard InChI is InChI=1S/C19H15BrN2O4/c1-3-7-26-19-17(20)9-13(10-18(19)25-2)8-15(12-21)14-5-4-6-16(11-14)22(23)24/h3-6,8-11H,1,7H2,2H3/b15-8-. The van der Waals surface area contributed by atoms with E-state index in [0.29, 0.717) is 39.3 Å². The summed E-state index contributed by atoms with van der Waals surface area (Å²) in [4.78, 5) is 10.4. The number of nitro benzene ring substituents is 1. The van der Waals surface area contributed by atoms with Gasteiger partial charge in [0.2, 0.25) is 0 Å². The van der Waals surface area contributed by atoms with Crippen LogP contribution < -0.4 is 9.47 Å². The summed E-state index contributed by atoms with van der Waals surface area (Å²) in [6.07, 6.45) is 3.25. The number of hydrogen-bond donors (Lipinski definition) is 0. The molecule has 0 aromatic heterocycles. The molecule has 2 aromatic carbocycles. The molecule has 132 valence electrons. The van der Waals surface area contributed by atoms with Gasteiger partial charge in [0.15, 0.2) is 11.5 Å². The van der Waals surface area contributed by atoms with Crippen molar-refractivity contribution in [1.82, 2.24) is 0 Å². The monoisotopic (exact) mass is 414 g/mol. The molecular formula is C19H15BrN2O4. The van der Waals surface area contributed by atoms with Crippen LogP contribution in [0.15, 0.2) is 53.5 Å². The Morgan fingerprint density at radius 2 is 2.19 bits per heavy atom. The Kier molecular flexibility index (Phi) is 6.53. The smallest absolute Gasteiger partial charge is 0.270 e. The lowest BCUT2D eigenvalue weighted by Crippen LogP contribution is -1.98. The second-order valence-corrected chi connectivity index (χ2v) is 5.97. The van der Waals surface area contributed by atoms with E-state index in [2.05, 4.69) is 28.6 Å². The maximum atomic E-state index is 10.9. The van der Waals surface area contributed by atoms with E-state index in [-0.39, 0.29) is 5.69 Å². The van der Waals surface area contributed by atoms with Crippen LogP contribution in [0.4, 0.5) is 5.69 Å². The van der Waals surface area contributed by atoms with Gasteiger partial charge in [0.25, 0.3) is 5.69 Å². The van der Waals surface area contributed by atoms with Crippen molar-refractivity contribution in [2.75, 3.05) is 13.7 Å². The first-order valence-corrected chi connectivity index (χ1v) is 8.27. The van der Waals surface area contributed by atoms with Gasteiger partial charge in [0.1, 0.15) is 6.61 Å². The fourth-order valence-corrected chi connectivity index (χ4v) is 2.81. The first kappa shape index (κ1) is 19.2. The number of nitrogens with zero attached hydrogens (tertiary/aromatic N) is 2. The van der Waals surface area contributed by atoms with Gasteiger partial charge in [-0.15, -0.1) is 0 Å². The van der Waals surface area contributed by atoms with Crippen LogP contribution in [0.5, 0.6) is 11.5 Å². The number of allylic oxidation sites excluding steroid dienone is 1. The summed E-state index contributed by atoms with van der Waals surface area (Å²) in [5.41, 5.74) is 1.37. The Morgan fingerprint density at radius 1 is 1.42 bits per heavy atom. The van der Waals surface area contributed by atoms with Crippen molar-refractivity contribution in [2.45, 2.75) is 0 Å². The Morgan fingerprint density at radius 3 is 2.81 bits per heavy atom. The lowest BCUT2D eigenvalue weighted by Gasteiger charge is -2.12. The maximum Gasteiger partial charge on any atom is 0.270 e. The summed E-state index contributed by atoms with van der Waals surface area (Å²) in [7, 11) is 1.52. The Hall–Kier alpha value is -3.11. The van der Waals surface area contributed by atoms with Crippen molar-refractivity contribution >= 4 is 33.3 Å². The summed E-state index contributed by atoms with van der Waals surface area (Å²) in [6, 6.07) is 11.5. The number of rotatable bonds is 7. The summed E-state index contributed by atoms with van der Waals surface area (Å²) in [5.74, 6) is 1.02. The number of nitro groups is 1. The van der Waals surface area contributed by atoms with Crippen LogP contribution in [0.25, 0.3) is 11.6 Å². The van der Waals surface area contributed by atoms with Crippen molar-refractivity contribution in [1.29, 1.82) is 5.26 Å². The lowest BCUT2D eigenvalue weighted by atomic mass is 10.0. The van der Waals surface area contributed by atoms with E-state index < -0.39 is 4.92 Å². The van der Waals surface area contributed by atoms with E-state index in [4.69, 9.17) is 9.47 Å². The number of benzene rings is 2. The van der Waals surface area contributed by atoms with Gasteiger partial charge in [-0.1, -0.05) is 24.8 Å². The predicted octanol–water partition coefficient (Wildman–Crippen LogP) is 4.99. The van der Waals surface area contributed by atoms with Crippen LogP contribution in [0.2, 0.25) is 0 Å². The van der Waals surface area contributed by atoms with Gasteiger partial charge >= 0.3 is 0 Å². The molecule has 0 heterocycles. The lowest BCUT2D eigenvalue weighted by molar-refractivity contribution is -0.384. The second kappa shape index (κ2) is 8.83. The van der Waals surface area contributed by atoms with Gasteiger partial charge in [-0.25, -0.2) is 0 Å². The van der Waals surface area contributed by atoms with Crippen LogP contribution in [0.1, 0.15) is 11.1 Å². The predicted molar refractivity (Wildman–Crippen MR) is 103 cm³/mol. The topological polar surface area (TPSA) is 85.4 Å². The molecule has 0 aliphatic heterocycles. The molecule has 0 aliphatic rings. The molecule has 0 aliphatic carbocycles. The summed E-state index contributed by atoms with van der Waals surface area (Å²) in [5, 5.41) is 20.4. The minimum absolute atomic E-state index is 0.0735. The molecule has 6 nitrogen and oxygen atoms in total. The normalized spacial score (nSPS) is 10.7. The average molecular weight is 415 g/mol. The molecule has 0 bridgehead atoms. The quantitative estimate of drug-likeness (QED) is 0.209. The Bertz CT molecular complexity index is 916. The highest BCUT2D eigenvalue weighted by molar-refractivity contribution is 9.10. The number of methoxy groups -OCH3 is 1. The van der Waals surface area contributed by atoms with Crippen LogP contribution >= 0.6 is 15.9 Å². The molecule has 0 saturated heterocycles. The highest BCUT2D eigenvalue weighted by atomic mass is 79.9. The first-order chi connectivity index (χ1) is 12.5. The molecule has 0 unspecified atom stereocenters. The van der Waals surface area contributed by atoms with Crippen LogP contribution in [-0.2, 0) is 0 Å². The zero-order chi connectivity index (χ0) is 19.1. The summed E-state index contributed by atoms with van der Waals surface area (Å²) < 4.78 is 11.6. The third-order valence-corrected chi connectivity index (χ3v) is 3.99. The molecule has 0 atom stereocenters. The molecule has 2 aromatic rings. The molecule has 26 heavy (non-hydrogen) atoms. The van der Waals surface area contributed by atoms with Gasteiger partial charge in [-0.3, -0.25) is 10.1 Å². The van der Waals surface area contributed by atoms with Crippen LogP contribution in [0, 0.1) is 21.4 Å². The third-order valence-electron chi connectivity index (χ3n) is 3.40. The second-order valence-electron chi connectivity index (χ2n) is 5.11. The fraction of sp³-hybridized carbons (Fsp3) is 0.105. The van der Waals surface area contributed by atoms with E-state index in [9.17, 15) is 15.4 Å². The highest BCUT2D eigenvalue weighted by Gasteiger charge is 2.13. The maximum absolute atomic E-state index is 10.9. The van der Waals surface area contributed by atoms with Crippen molar-refractivity contribution < 1.29 is 14.4 Å². The highest BCUT2D eigenvalue weighted by Crippen LogP contribution is 2.37. The molecule has 0 N–H and O–H groups in total. The molecule has 0 fully saturated rings. The fourth-order valence-electron chi connectivity index (χ4n) is 2.24. The van der Waals surface area contributed by atoms with Crippen molar-refractivity contribution in [3.05, 3.63) is 74.8 Å². The number of halogens is 1. The largest absolute Gasteiger partial charge is 0.493 e. The van der Waals surface area contributed by atoms with Gasteiger partial charge in [0.05, 0.1) is 28.1 Å². The van der Waals surface area contributed by atoms with Gasteiger partial charge in [0, 0.05) is 12.1 Å². The van der Waals surface area contributed by atoms with Gasteiger partial charge in [-0.2, -0.15) is 5.26 Å². The number of non-ortho nitro benzene ring substituents is 1. The molecule has 2 rings (SSSR count). The minimum atomic E-state index is -0.496. The number of ether oxygens (including phenoxy) is 2. The van der Waals surface area contributed by atoms with Crippen LogP contribution in [0.3, 0.4) is 0 Å². The Labute approximate surface area is 159 Å². The molecular weight excluding hydrogens is 400 g/mol. The summed E-state index contributed by atoms with van der Waals surface area (Å²) >= 11 is 3.43. The number of hydrogen-bond acceptors (Lipinski definition) is 5. The zero-order valence-corrected chi connectivity index (χ0v) is 15.5. The first-order valence-electron chi connectivity index (χ1n) is 7.48. The van der Waals surface area contributed by atoms with Crippen molar-refractivity contribution in [2.24, 2.45) is 0 Å². The Balaban J connectivity index is 2.48. The summed E-state index contributed by atoms with van der Waals surface area (Å²) in [6.45, 7) is 3.93. The average Bonchev–Trinajstić information content (AvgIpc) is 2.64. The van der Waals surface area contributed by atoms with E-state index in [1.54, 1.807) is 36.4 Å². The van der Waals surface area contributed by atoms with Crippen molar-refractivity contribution in [3.8, 4) is 17.6 Å². The van der Waals surface area contributed by atoms with E-state index in [1.807, 2.05) is 0 Å². The zero-order valence-electron chi connectivity index (χ0n) is 13.9.